The van der Waals surface area contributed by atoms with Crippen LogP contribution in [0.3, 0.4) is 0 Å². The minimum absolute atomic E-state index is 0.172. The van der Waals surface area contributed by atoms with Crippen LogP contribution in [0.1, 0.15) is 6.42 Å². The molecule has 0 radical (unpaired) electrons. The molecular weight excluding hydrogens is 252 g/mol. The summed E-state index contributed by atoms with van der Waals surface area (Å²) in [6.45, 7) is 0.947. The summed E-state index contributed by atoms with van der Waals surface area (Å²) in [5.74, 6) is -0.912. The van der Waals surface area contributed by atoms with Crippen molar-refractivity contribution in [3.8, 4) is 0 Å². The second-order valence-corrected chi connectivity index (χ2v) is 6.02. The second-order valence-electron chi connectivity index (χ2n) is 4.03. The molecule has 0 fully saturated rings. The summed E-state index contributed by atoms with van der Waals surface area (Å²) in [6.07, 6.45) is 0.660. The van der Waals surface area contributed by atoms with Gasteiger partial charge in [-0.1, -0.05) is 18.2 Å². The van der Waals surface area contributed by atoms with E-state index in [1.54, 1.807) is 25.2 Å². The largest absolute Gasteiger partial charge is 0.345 e. The number of amides is 1. The zero-order valence-corrected chi connectivity index (χ0v) is 11.2. The van der Waals surface area contributed by atoms with E-state index in [1.165, 1.54) is 17.0 Å². The summed E-state index contributed by atoms with van der Waals surface area (Å²) >= 11 is 0. The number of carbonyl (C=O) groups is 1. The number of benzene rings is 1. The van der Waals surface area contributed by atoms with Crippen molar-refractivity contribution in [2.75, 3.05) is 25.9 Å². The van der Waals surface area contributed by atoms with Gasteiger partial charge < -0.3 is 10.6 Å². The monoisotopic (exact) mass is 270 g/mol. The Morgan fingerprint density at radius 2 is 1.89 bits per heavy atom. The van der Waals surface area contributed by atoms with Gasteiger partial charge in [-0.05, 0) is 25.1 Å². The summed E-state index contributed by atoms with van der Waals surface area (Å²) < 4.78 is 23.9. The van der Waals surface area contributed by atoms with Crippen LogP contribution in [0.25, 0.3) is 0 Å². The summed E-state index contributed by atoms with van der Waals surface area (Å²) in [6, 6.07) is 7.98. The van der Waals surface area contributed by atoms with Crippen LogP contribution in [0.5, 0.6) is 0 Å². The molecule has 0 saturated heterocycles. The van der Waals surface area contributed by atoms with Gasteiger partial charge in [0, 0.05) is 13.6 Å². The Labute approximate surface area is 108 Å². The molecule has 1 aromatic rings. The van der Waals surface area contributed by atoms with E-state index in [1.807, 2.05) is 0 Å². The van der Waals surface area contributed by atoms with E-state index >= 15 is 0 Å². The number of nitrogens with two attached hydrogens (primary N) is 1. The lowest BCUT2D eigenvalue weighted by atomic mass is 10.4. The molecule has 0 aliphatic rings. The van der Waals surface area contributed by atoms with E-state index in [9.17, 15) is 13.2 Å². The van der Waals surface area contributed by atoms with E-state index in [0.29, 0.717) is 19.5 Å². The molecule has 0 unspecified atom stereocenters. The van der Waals surface area contributed by atoms with Crippen LogP contribution in [0.2, 0.25) is 0 Å². The van der Waals surface area contributed by atoms with Gasteiger partial charge in [-0.2, -0.15) is 0 Å². The van der Waals surface area contributed by atoms with Crippen molar-refractivity contribution in [3.05, 3.63) is 30.3 Å². The molecule has 18 heavy (non-hydrogen) atoms. The molecule has 6 heteroatoms. The second kappa shape index (κ2) is 6.51. The highest BCUT2D eigenvalue weighted by atomic mass is 32.2. The van der Waals surface area contributed by atoms with Crippen molar-refractivity contribution in [1.29, 1.82) is 0 Å². The predicted molar refractivity (Wildman–Crippen MR) is 69.8 cm³/mol. The maximum Gasteiger partial charge on any atom is 0.237 e. The maximum absolute atomic E-state index is 11.9. The van der Waals surface area contributed by atoms with Gasteiger partial charge in [0.15, 0.2) is 9.84 Å². The molecule has 0 saturated carbocycles. The van der Waals surface area contributed by atoms with Gasteiger partial charge in [-0.15, -0.1) is 0 Å². The third-order valence-electron chi connectivity index (χ3n) is 2.54. The molecule has 1 amide bonds. The van der Waals surface area contributed by atoms with Crippen molar-refractivity contribution >= 4 is 15.7 Å². The summed E-state index contributed by atoms with van der Waals surface area (Å²) in [4.78, 5) is 13.3. The number of sulfone groups is 1. The quantitative estimate of drug-likeness (QED) is 0.804. The summed E-state index contributed by atoms with van der Waals surface area (Å²) in [5.41, 5.74) is 5.34. The molecule has 0 heterocycles. The molecule has 0 aliphatic heterocycles. The molecule has 1 aromatic carbocycles. The Morgan fingerprint density at radius 1 is 1.28 bits per heavy atom. The first-order chi connectivity index (χ1) is 8.47. The molecule has 2 N–H and O–H groups in total. The molecule has 5 nitrogen and oxygen atoms in total. The van der Waals surface area contributed by atoms with Crippen molar-refractivity contribution in [1.82, 2.24) is 4.90 Å². The van der Waals surface area contributed by atoms with Crippen LogP contribution in [-0.4, -0.2) is 45.1 Å². The number of rotatable bonds is 6. The molecule has 0 spiro atoms. The summed E-state index contributed by atoms with van der Waals surface area (Å²) in [7, 11) is -1.97. The van der Waals surface area contributed by atoms with Gasteiger partial charge in [-0.3, -0.25) is 4.79 Å². The van der Waals surface area contributed by atoms with E-state index < -0.39 is 21.5 Å². The van der Waals surface area contributed by atoms with Gasteiger partial charge in [0.25, 0.3) is 0 Å². The fourth-order valence-corrected chi connectivity index (χ4v) is 2.72. The van der Waals surface area contributed by atoms with Crippen molar-refractivity contribution < 1.29 is 13.2 Å². The zero-order chi connectivity index (χ0) is 13.6. The number of hydrogen-bond donors (Lipinski definition) is 1. The van der Waals surface area contributed by atoms with Crippen LogP contribution in [0.4, 0.5) is 0 Å². The van der Waals surface area contributed by atoms with Gasteiger partial charge in [0.1, 0.15) is 5.75 Å². The number of nitrogens with zero attached hydrogens (tertiary/aromatic N) is 1. The van der Waals surface area contributed by atoms with Gasteiger partial charge >= 0.3 is 0 Å². The lowest BCUT2D eigenvalue weighted by Crippen LogP contribution is -2.34. The van der Waals surface area contributed by atoms with Crippen LogP contribution in [0.15, 0.2) is 35.2 Å². The fourth-order valence-electron chi connectivity index (χ4n) is 1.44. The molecule has 0 bridgehead atoms. The molecule has 0 aliphatic carbocycles. The Balaban J connectivity index is 2.70. The Morgan fingerprint density at radius 3 is 2.44 bits per heavy atom. The molecule has 0 atom stereocenters. The van der Waals surface area contributed by atoms with Crippen LogP contribution in [0, 0.1) is 0 Å². The maximum atomic E-state index is 11.9. The first-order valence-electron chi connectivity index (χ1n) is 5.69. The van der Waals surface area contributed by atoms with Gasteiger partial charge in [-0.25, -0.2) is 8.42 Å². The van der Waals surface area contributed by atoms with Gasteiger partial charge in [0.05, 0.1) is 4.90 Å². The average Bonchev–Trinajstić information content (AvgIpc) is 2.36. The van der Waals surface area contributed by atoms with Crippen molar-refractivity contribution in [2.24, 2.45) is 5.73 Å². The van der Waals surface area contributed by atoms with E-state index in [-0.39, 0.29) is 4.90 Å². The molecular formula is C12H18N2O3S. The minimum atomic E-state index is -3.55. The molecule has 100 valence electrons. The first kappa shape index (κ1) is 14.7. The number of hydrogen-bond acceptors (Lipinski definition) is 4. The smallest absolute Gasteiger partial charge is 0.237 e. The van der Waals surface area contributed by atoms with E-state index in [0.717, 1.165) is 0 Å². The summed E-state index contributed by atoms with van der Waals surface area (Å²) in [5, 5.41) is 0. The van der Waals surface area contributed by atoms with Crippen LogP contribution in [-0.2, 0) is 14.6 Å². The number of carbonyl (C=O) groups excluding carboxylic acids is 1. The average molecular weight is 270 g/mol. The van der Waals surface area contributed by atoms with Crippen LogP contribution < -0.4 is 5.73 Å². The highest BCUT2D eigenvalue weighted by molar-refractivity contribution is 7.92. The standard InChI is InChI=1S/C12H18N2O3S/c1-14(9-5-8-13)12(15)10-18(16,17)11-6-3-2-4-7-11/h2-4,6-7H,5,8-10,13H2,1H3. The Hall–Kier alpha value is -1.40. The highest BCUT2D eigenvalue weighted by Gasteiger charge is 2.21. The van der Waals surface area contributed by atoms with E-state index in [2.05, 4.69) is 0 Å². The molecule has 0 aromatic heterocycles. The minimum Gasteiger partial charge on any atom is -0.345 e. The topological polar surface area (TPSA) is 80.5 Å². The predicted octanol–water partition coefficient (Wildman–Crippen LogP) is 0.268. The Bertz CT molecular complexity index is 485. The molecule has 1 rings (SSSR count). The third-order valence-corrected chi connectivity index (χ3v) is 4.16. The lowest BCUT2D eigenvalue weighted by Gasteiger charge is -2.16. The fraction of sp³-hybridized carbons (Fsp3) is 0.417. The third kappa shape index (κ3) is 4.12. The Kier molecular flexibility index (Phi) is 5.30. The van der Waals surface area contributed by atoms with Crippen molar-refractivity contribution in [3.63, 3.8) is 0 Å². The highest BCUT2D eigenvalue weighted by Crippen LogP contribution is 2.10. The van der Waals surface area contributed by atoms with Gasteiger partial charge in [0.2, 0.25) is 5.91 Å². The van der Waals surface area contributed by atoms with E-state index in [4.69, 9.17) is 5.73 Å². The normalized spacial score (nSPS) is 11.2. The SMILES string of the molecule is CN(CCCN)C(=O)CS(=O)(=O)c1ccccc1. The first-order valence-corrected chi connectivity index (χ1v) is 7.34. The van der Waals surface area contributed by atoms with Crippen molar-refractivity contribution in [2.45, 2.75) is 11.3 Å². The van der Waals surface area contributed by atoms with Crippen LogP contribution >= 0.6 is 0 Å². The lowest BCUT2D eigenvalue weighted by molar-refractivity contribution is -0.127. The zero-order valence-electron chi connectivity index (χ0n) is 10.4.